The van der Waals surface area contributed by atoms with Crippen LogP contribution in [0.15, 0.2) is 54.6 Å². The van der Waals surface area contributed by atoms with Crippen LogP contribution >= 0.6 is 0 Å². The van der Waals surface area contributed by atoms with Crippen molar-refractivity contribution in [2.24, 2.45) is 0 Å². The Morgan fingerprint density at radius 2 is 1.90 bits per heavy atom. The van der Waals surface area contributed by atoms with Gasteiger partial charge in [-0.2, -0.15) is 0 Å². The number of benzene rings is 2. The minimum atomic E-state index is -0.0765. The van der Waals surface area contributed by atoms with E-state index in [4.69, 9.17) is 4.74 Å². The van der Waals surface area contributed by atoms with Crippen LogP contribution in [0, 0.1) is 0 Å². The van der Waals surface area contributed by atoms with E-state index in [2.05, 4.69) is 17.4 Å². The third-order valence-corrected chi connectivity index (χ3v) is 3.09. The molecule has 0 radical (unpaired) electrons. The minimum absolute atomic E-state index is 0.0765. The number of carbonyl (C=O) groups excluding carboxylic acids is 1. The van der Waals surface area contributed by atoms with Gasteiger partial charge in [0.15, 0.2) is 0 Å². The smallest absolute Gasteiger partial charge is 0.251 e. The van der Waals surface area contributed by atoms with Crippen LogP contribution in [0.5, 0.6) is 5.75 Å². The summed E-state index contributed by atoms with van der Waals surface area (Å²) in [6.45, 7) is 2.01. The number of ether oxygens (including phenoxy) is 1. The summed E-state index contributed by atoms with van der Waals surface area (Å²) in [4.78, 5) is 12.1. The fraction of sp³-hybridized carbons (Fsp3) is 0.235. The first-order valence-electron chi connectivity index (χ1n) is 6.68. The van der Waals surface area contributed by atoms with Crippen molar-refractivity contribution in [2.75, 3.05) is 7.11 Å². The summed E-state index contributed by atoms with van der Waals surface area (Å²) < 4.78 is 5.13. The number of nitrogens with one attached hydrogen (secondary N) is 1. The Labute approximate surface area is 119 Å². The van der Waals surface area contributed by atoms with Gasteiger partial charge >= 0.3 is 0 Å². The number of carbonyl (C=O) groups is 1. The third-order valence-electron chi connectivity index (χ3n) is 3.09. The molecule has 0 aliphatic carbocycles. The molecule has 1 N–H and O–H groups in total. The van der Waals surface area contributed by atoms with Crippen LogP contribution < -0.4 is 10.1 Å². The molecule has 1 atom stereocenters. The number of rotatable bonds is 5. The van der Waals surface area contributed by atoms with Gasteiger partial charge in [0.25, 0.3) is 5.91 Å². The number of hydrogen-bond acceptors (Lipinski definition) is 2. The Hall–Kier alpha value is -2.29. The molecule has 0 bridgehead atoms. The summed E-state index contributed by atoms with van der Waals surface area (Å²) in [6, 6.07) is 17.4. The molecule has 104 valence electrons. The van der Waals surface area contributed by atoms with E-state index in [1.807, 2.05) is 37.3 Å². The lowest BCUT2D eigenvalue weighted by atomic mass is 10.1. The SMILES string of the molecule is COc1cccc(C(=O)N[C@H](C)Cc2ccccc2)c1. The molecule has 0 aliphatic rings. The highest BCUT2D eigenvalue weighted by Gasteiger charge is 2.10. The number of methoxy groups -OCH3 is 1. The first-order chi connectivity index (χ1) is 9.69. The van der Waals surface area contributed by atoms with Crippen LogP contribution in [0.1, 0.15) is 22.8 Å². The maximum atomic E-state index is 12.1. The highest BCUT2D eigenvalue weighted by Crippen LogP contribution is 2.12. The molecule has 0 heterocycles. The summed E-state index contributed by atoms with van der Waals surface area (Å²) in [7, 11) is 1.59. The second kappa shape index (κ2) is 6.75. The van der Waals surface area contributed by atoms with Gasteiger partial charge in [-0.25, -0.2) is 0 Å². The largest absolute Gasteiger partial charge is 0.497 e. The Morgan fingerprint density at radius 3 is 2.60 bits per heavy atom. The fourth-order valence-corrected chi connectivity index (χ4v) is 2.09. The zero-order valence-corrected chi connectivity index (χ0v) is 11.8. The third kappa shape index (κ3) is 3.85. The van der Waals surface area contributed by atoms with Gasteiger partial charge in [0, 0.05) is 11.6 Å². The van der Waals surface area contributed by atoms with Gasteiger partial charge in [0.05, 0.1) is 7.11 Å². The molecule has 0 spiro atoms. The summed E-state index contributed by atoms with van der Waals surface area (Å²) in [5, 5.41) is 3.00. The standard InChI is InChI=1S/C17H19NO2/c1-13(11-14-7-4-3-5-8-14)18-17(19)15-9-6-10-16(12-15)20-2/h3-10,12-13H,11H2,1-2H3,(H,18,19)/t13-/m1/s1. The molecule has 0 fully saturated rings. The number of hydrogen-bond donors (Lipinski definition) is 1. The van der Waals surface area contributed by atoms with Crippen LogP contribution in [0.2, 0.25) is 0 Å². The summed E-state index contributed by atoms with van der Waals surface area (Å²) in [5.41, 5.74) is 1.83. The molecular formula is C17H19NO2. The zero-order valence-electron chi connectivity index (χ0n) is 11.8. The normalized spacial score (nSPS) is 11.7. The average Bonchev–Trinajstić information content (AvgIpc) is 2.48. The zero-order chi connectivity index (χ0) is 14.4. The van der Waals surface area contributed by atoms with Crippen molar-refractivity contribution >= 4 is 5.91 Å². The lowest BCUT2D eigenvalue weighted by Gasteiger charge is -2.14. The monoisotopic (exact) mass is 269 g/mol. The molecule has 1 amide bonds. The summed E-state index contributed by atoms with van der Waals surface area (Å²) in [6.07, 6.45) is 0.816. The van der Waals surface area contributed by atoms with Gasteiger partial charge in [-0.15, -0.1) is 0 Å². The Bertz CT molecular complexity index is 566. The predicted octanol–water partition coefficient (Wildman–Crippen LogP) is 3.06. The molecule has 3 heteroatoms. The van der Waals surface area contributed by atoms with Crippen molar-refractivity contribution in [3.63, 3.8) is 0 Å². The minimum Gasteiger partial charge on any atom is -0.497 e. The quantitative estimate of drug-likeness (QED) is 0.906. The topological polar surface area (TPSA) is 38.3 Å². The van der Waals surface area contributed by atoms with Crippen molar-refractivity contribution < 1.29 is 9.53 Å². The van der Waals surface area contributed by atoms with E-state index >= 15 is 0 Å². The Balaban J connectivity index is 1.96. The van der Waals surface area contributed by atoms with Crippen molar-refractivity contribution in [3.05, 3.63) is 65.7 Å². The van der Waals surface area contributed by atoms with E-state index in [1.165, 1.54) is 5.56 Å². The molecule has 0 saturated carbocycles. The molecule has 2 rings (SSSR count). The van der Waals surface area contributed by atoms with Crippen molar-refractivity contribution in [1.29, 1.82) is 0 Å². The van der Waals surface area contributed by atoms with E-state index in [1.54, 1.807) is 19.2 Å². The van der Waals surface area contributed by atoms with E-state index < -0.39 is 0 Å². The average molecular weight is 269 g/mol. The highest BCUT2D eigenvalue weighted by molar-refractivity contribution is 5.94. The fourth-order valence-electron chi connectivity index (χ4n) is 2.09. The Kier molecular flexibility index (Phi) is 4.77. The van der Waals surface area contributed by atoms with E-state index in [0.29, 0.717) is 11.3 Å². The van der Waals surface area contributed by atoms with Crippen molar-refractivity contribution in [2.45, 2.75) is 19.4 Å². The molecular weight excluding hydrogens is 250 g/mol. The molecule has 2 aromatic rings. The molecule has 3 nitrogen and oxygen atoms in total. The summed E-state index contributed by atoms with van der Waals surface area (Å²) >= 11 is 0. The van der Waals surface area contributed by atoms with Crippen LogP contribution in [0.3, 0.4) is 0 Å². The molecule has 0 unspecified atom stereocenters. The van der Waals surface area contributed by atoms with E-state index in [-0.39, 0.29) is 11.9 Å². The predicted molar refractivity (Wildman–Crippen MR) is 80.1 cm³/mol. The van der Waals surface area contributed by atoms with Gasteiger partial charge in [-0.3, -0.25) is 4.79 Å². The van der Waals surface area contributed by atoms with Crippen LogP contribution in [0.4, 0.5) is 0 Å². The lowest BCUT2D eigenvalue weighted by molar-refractivity contribution is 0.0940. The second-order valence-corrected chi connectivity index (χ2v) is 4.80. The second-order valence-electron chi connectivity index (χ2n) is 4.80. The van der Waals surface area contributed by atoms with Crippen molar-refractivity contribution in [3.8, 4) is 5.75 Å². The van der Waals surface area contributed by atoms with E-state index in [0.717, 1.165) is 6.42 Å². The molecule has 2 aromatic carbocycles. The maximum absolute atomic E-state index is 12.1. The highest BCUT2D eigenvalue weighted by atomic mass is 16.5. The first kappa shape index (κ1) is 14.1. The molecule has 20 heavy (non-hydrogen) atoms. The van der Waals surface area contributed by atoms with E-state index in [9.17, 15) is 4.79 Å². The maximum Gasteiger partial charge on any atom is 0.251 e. The van der Waals surface area contributed by atoms with Gasteiger partial charge in [-0.1, -0.05) is 36.4 Å². The summed E-state index contributed by atoms with van der Waals surface area (Å²) in [5.74, 6) is 0.612. The van der Waals surface area contributed by atoms with Gasteiger partial charge in [-0.05, 0) is 37.1 Å². The molecule has 0 aromatic heterocycles. The van der Waals surface area contributed by atoms with Gasteiger partial charge < -0.3 is 10.1 Å². The lowest BCUT2D eigenvalue weighted by Crippen LogP contribution is -2.34. The number of amides is 1. The van der Waals surface area contributed by atoms with Gasteiger partial charge in [0.2, 0.25) is 0 Å². The molecule has 0 aliphatic heterocycles. The van der Waals surface area contributed by atoms with Crippen molar-refractivity contribution in [1.82, 2.24) is 5.32 Å². The first-order valence-corrected chi connectivity index (χ1v) is 6.68. The van der Waals surface area contributed by atoms with Crippen LogP contribution in [0.25, 0.3) is 0 Å². The van der Waals surface area contributed by atoms with Crippen LogP contribution in [-0.4, -0.2) is 19.1 Å². The molecule has 0 saturated heterocycles. The van der Waals surface area contributed by atoms with Gasteiger partial charge in [0.1, 0.15) is 5.75 Å². The Morgan fingerprint density at radius 1 is 1.15 bits per heavy atom. The van der Waals surface area contributed by atoms with Crippen LogP contribution in [-0.2, 0) is 6.42 Å².